The maximum atomic E-state index is 11.4. The molecule has 0 saturated carbocycles. The molecule has 1 atom stereocenters. The van der Waals surface area contributed by atoms with Crippen LogP contribution in [0.4, 0.5) is 5.69 Å². The molecule has 1 unspecified atom stereocenters. The highest BCUT2D eigenvalue weighted by molar-refractivity contribution is 7.99. The third-order valence-electron chi connectivity index (χ3n) is 2.96. The molecule has 0 radical (unpaired) electrons. The monoisotopic (exact) mass is 316 g/mol. The van der Waals surface area contributed by atoms with Gasteiger partial charge in [0.15, 0.2) is 0 Å². The zero-order valence-electron chi connectivity index (χ0n) is 12.3. The SMILES string of the molecule is CC(=O)NC(Sc1cccc(C)c1)c1cccc([N+](=O)[O-])c1. The molecule has 0 fully saturated rings. The lowest BCUT2D eigenvalue weighted by atomic mass is 10.2. The van der Waals surface area contributed by atoms with Gasteiger partial charge in [0, 0.05) is 24.0 Å². The van der Waals surface area contributed by atoms with E-state index in [4.69, 9.17) is 0 Å². The number of benzene rings is 2. The van der Waals surface area contributed by atoms with Gasteiger partial charge < -0.3 is 5.32 Å². The van der Waals surface area contributed by atoms with E-state index in [-0.39, 0.29) is 17.0 Å². The second-order valence-corrected chi connectivity index (χ2v) is 6.05. The van der Waals surface area contributed by atoms with Crippen molar-refractivity contribution in [2.75, 3.05) is 0 Å². The normalized spacial score (nSPS) is 11.7. The first kappa shape index (κ1) is 16.0. The summed E-state index contributed by atoms with van der Waals surface area (Å²) in [6, 6.07) is 14.2. The van der Waals surface area contributed by atoms with Gasteiger partial charge in [0.05, 0.1) is 4.92 Å². The lowest BCUT2D eigenvalue weighted by molar-refractivity contribution is -0.384. The Labute approximate surface area is 132 Å². The van der Waals surface area contributed by atoms with Crippen LogP contribution in [0.2, 0.25) is 0 Å². The molecule has 5 nitrogen and oxygen atoms in total. The summed E-state index contributed by atoms with van der Waals surface area (Å²) in [6.07, 6.45) is 0. The second kappa shape index (κ2) is 7.09. The molecular formula is C16H16N2O3S. The number of nitrogens with one attached hydrogen (secondary N) is 1. The Morgan fingerprint density at radius 2 is 1.95 bits per heavy atom. The summed E-state index contributed by atoms with van der Waals surface area (Å²) in [6.45, 7) is 3.42. The fourth-order valence-corrected chi connectivity index (χ4v) is 3.18. The molecule has 0 aliphatic rings. The van der Waals surface area contributed by atoms with Crippen molar-refractivity contribution < 1.29 is 9.72 Å². The molecule has 0 aromatic heterocycles. The number of amides is 1. The van der Waals surface area contributed by atoms with Crippen molar-refractivity contribution in [3.05, 3.63) is 69.8 Å². The molecule has 0 spiro atoms. The van der Waals surface area contributed by atoms with Crippen LogP contribution in [0.1, 0.15) is 23.4 Å². The minimum atomic E-state index is -0.439. The largest absolute Gasteiger partial charge is 0.340 e. The molecule has 6 heteroatoms. The van der Waals surface area contributed by atoms with Crippen LogP contribution in [0, 0.1) is 17.0 Å². The number of nitro groups is 1. The van der Waals surface area contributed by atoms with Crippen LogP contribution in [0.5, 0.6) is 0 Å². The first-order chi connectivity index (χ1) is 10.5. The van der Waals surface area contributed by atoms with Crippen LogP contribution in [0.25, 0.3) is 0 Å². The Morgan fingerprint density at radius 1 is 1.23 bits per heavy atom. The topological polar surface area (TPSA) is 72.2 Å². The van der Waals surface area contributed by atoms with Crippen molar-refractivity contribution in [1.82, 2.24) is 5.32 Å². The Balaban J connectivity index is 2.31. The predicted octanol–water partition coefficient (Wildman–Crippen LogP) is 3.83. The van der Waals surface area contributed by atoms with Crippen LogP contribution < -0.4 is 5.32 Å². The van der Waals surface area contributed by atoms with Crippen LogP contribution in [-0.2, 0) is 4.79 Å². The maximum Gasteiger partial charge on any atom is 0.269 e. The van der Waals surface area contributed by atoms with Gasteiger partial charge in [-0.3, -0.25) is 14.9 Å². The molecule has 1 amide bonds. The number of carbonyl (C=O) groups is 1. The molecule has 0 aliphatic carbocycles. The van der Waals surface area contributed by atoms with Crippen LogP contribution in [0.3, 0.4) is 0 Å². The molecule has 0 saturated heterocycles. The van der Waals surface area contributed by atoms with Crippen LogP contribution in [-0.4, -0.2) is 10.8 Å². The third kappa shape index (κ3) is 4.33. The molecule has 2 aromatic rings. The number of non-ortho nitro benzene ring substituents is 1. The van der Waals surface area contributed by atoms with E-state index in [9.17, 15) is 14.9 Å². The average Bonchev–Trinajstić information content (AvgIpc) is 2.46. The van der Waals surface area contributed by atoms with Crippen molar-refractivity contribution >= 4 is 23.4 Å². The lowest BCUT2D eigenvalue weighted by Crippen LogP contribution is -2.23. The number of aryl methyl sites for hydroxylation is 1. The van der Waals surface area contributed by atoms with Crippen molar-refractivity contribution in [3.8, 4) is 0 Å². The highest BCUT2D eigenvalue weighted by atomic mass is 32.2. The van der Waals surface area contributed by atoms with E-state index in [1.165, 1.54) is 30.8 Å². The van der Waals surface area contributed by atoms with Crippen molar-refractivity contribution in [2.24, 2.45) is 0 Å². The first-order valence-corrected chi connectivity index (χ1v) is 7.58. The Kier molecular flexibility index (Phi) is 5.16. The van der Waals surface area contributed by atoms with Crippen LogP contribution in [0.15, 0.2) is 53.4 Å². The van der Waals surface area contributed by atoms with Crippen molar-refractivity contribution in [1.29, 1.82) is 0 Å². The number of rotatable bonds is 5. The number of carbonyl (C=O) groups excluding carboxylic acids is 1. The van der Waals surface area contributed by atoms with Gasteiger partial charge in [0.2, 0.25) is 5.91 Å². The molecule has 1 N–H and O–H groups in total. The van der Waals surface area contributed by atoms with Crippen molar-refractivity contribution in [3.63, 3.8) is 0 Å². The van der Waals surface area contributed by atoms with E-state index in [1.54, 1.807) is 12.1 Å². The average molecular weight is 316 g/mol. The Bertz CT molecular complexity index is 703. The summed E-state index contributed by atoms with van der Waals surface area (Å²) in [5, 5.41) is 13.4. The summed E-state index contributed by atoms with van der Waals surface area (Å²) in [7, 11) is 0. The van der Waals surface area contributed by atoms with Gasteiger partial charge >= 0.3 is 0 Å². The molecule has 0 bridgehead atoms. The number of nitrogens with zero attached hydrogens (tertiary/aromatic N) is 1. The summed E-state index contributed by atoms with van der Waals surface area (Å²) in [5.41, 5.74) is 1.82. The molecule has 2 rings (SSSR count). The van der Waals surface area contributed by atoms with E-state index < -0.39 is 4.92 Å². The third-order valence-corrected chi connectivity index (χ3v) is 4.11. The minimum Gasteiger partial charge on any atom is -0.340 e. The van der Waals surface area contributed by atoms with Gasteiger partial charge in [-0.2, -0.15) is 0 Å². The van der Waals surface area contributed by atoms with Gasteiger partial charge in [-0.15, -0.1) is 0 Å². The van der Waals surface area contributed by atoms with E-state index in [0.717, 1.165) is 10.5 Å². The van der Waals surface area contributed by atoms with Gasteiger partial charge in [-0.05, 0) is 24.6 Å². The minimum absolute atomic E-state index is 0.0118. The van der Waals surface area contributed by atoms with Crippen LogP contribution >= 0.6 is 11.8 Å². The van der Waals surface area contributed by atoms with E-state index in [1.807, 2.05) is 31.2 Å². The maximum absolute atomic E-state index is 11.4. The fraction of sp³-hybridized carbons (Fsp3) is 0.188. The summed E-state index contributed by atoms with van der Waals surface area (Å²) in [4.78, 5) is 22.9. The molecule has 114 valence electrons. The van der Waals surface area contributed by atoms with E-state index in [2.05, 4.69) is 5.32 Å². The van der Waals surface area contributed by atoms with Gasteiger partial charge in [-0.1, -0.05) is 41.6 Å². The number of hydrogen-bond donors (Lipinski definition) is 1. The van der Waals surface area contributed by atoms with Gasteiger partial charge in [0.25, 0.3) is 5.69 Å². The molecular weight excluding hydrogens is 300 g/mol. The highest BCUT2D eigenvalue weighted by Gasteiger charge is 2.17. The highest BCUT2D eigenvalue weighted by Crippen LogP contribution is 2.34. The summed E-state index contributed by atoms with van der Waals surface area (Å²) in [5.74, 6) is -0.184. The van der Waals surface area contributed by atoms with Gasteiger partial charge in [-0.25, -0.2) is 0 Å². The Hall–Kier alpha value is -2.34. The number of nitro benzene ring substituents is 1. The zero-order valence-corrected chi connectivity index (χ0v) is 13.1. The lowest BCUT2D eigenvalue weighted by Gasteiger charge is -2.18. The fourth-order valence-electron chi connectivity index (χ4n) is 1.99. The first-order valence-electron chi connectivity index (χ1n) is 6.70. The standard InChI is InChI=1S/C16H16N2O3S/c1-11-5-3-8-15(9-11)22-16(17-12(2)19)13-6-4-7-14(10-13)18(20)21/h3-10,16H,1-2H3,(H,17,19). The quantitative estimate of drug-likeness (QED) is 0.394. The zero-order chi connectivity index (χ0) is 16.1. The number of thioether (sulfide) groups is 1. The molecule has 0 aliphatic heterocycles. The molecule has 2 aromatic carbocycles. The summed E-state index contributed by atoms with van der Waals surface area (Å²) >= 11 is 1.45. The smallest absolute Gasteiger partial charge is 0.269 e. The van der Waals surface area contributed by atoms with Crippen molar-refractivity contribution in [2.45, 2.75) is 24.1 Å². The van der Waals surface area contributed by atoms with E-state index in [0.29, 0.717) is 5.56 Å². The molecule has 22 heavy (non-hydrogen) atoms. The second-order valence-electron chi connectivity index (χ2n) is 4.87. The van der Waals surface area contributed by atoms with E-state index >= 15 is 0 Å². The Morgan fingerprint density at radius 3 is 2.59 bits per heavy atom. The predicted molar refractivity (Wildman–Crippen MR) is 86.7 cm³/mol. The number of hydrogen-bond acceptors (Lipinski definition) is 4. The van der Waals surface area contributed by atoms with Gasteiger partial charge in [0.1, 0.15) is 5.37 Å². The summed E-state index contributed by atoms with van der Waals surface area (Å²) < 4.78 is 0. The molecule has 0 heterocycles.